The van der Waals surface area contributed by atoms with Crippen LogP contribution in [0.25, 0.3) is 0 Å². The Labute approximate surface area is 277 Å². The number of hydrogen-bond donors (Lipinski definition) is 3. The van der Waals surface area contributed by atoms with Gasteiger partial charge >= 0.3 is 5.97 Å². The molecule has 13 heteroatoms. The second-order valence-electron chi connectivity index (χ2n) is 12.7. The number of halogens is 3. The summed E-state index contributed by atoms with van der Waals surface area (Å²) in [4.78, 5) is 39.8. The van der Waals surface area contributed by atoms with Crippen LogP contribution in [0.1, 0.15) is 55.1 Å². The van der Waals surface area contributed by atoms with Gasteiger partial charge in [0.25, 0.3) is 5.69 Å². The molecule has 0 spiro atoms. The molecular formula is C33H37Cl2FN4O6. The van der Waals surface area contributed by atoms with Gasteiger partial charge in [0, 0.05) is 53.4 Å². The summed E-state index contributed by atoms with van der Waals surface area (Å²) in [7, 11) is 1.18. The first kappa shape index (κ1) is 35.2. The molecule has 0 aromatic heterocycles. The average Bonchev–Trinajstić information content (AvgIpc) is 3.23. The molecule has 4 atom stereocenters. The summed E-state index contributed by atoms with van der Waals surface area (Å²) in [6, 6.07) is 13.6. The smallest absolute Gasteiger partial charge is 0.338 e. The Balaban J connectivity index is 1.87. The molecule has 1 saturated heterocycles. The molecule has 10 nitrogen and oxygen atoms in total. The van der Waals surface area contributed by atoms with Gasteiger partial charge in [0.15, 0.2) is 0 Å². The van der Waals surface area contributed by atoms with Crippen molar-refractivity contribution >= 4 is 46.5 Å². The van der Waals surface area contributed by atoms with Gasteiger partial charge in [-0.1, -0.05) is 68.2 Å². The molecular weight excluding hydrogens is 638 g/mol. The van der Waals surface area contributed by atoms with Gasteiger partial charge in [0.2, 0.25) is 5.91 Å². The van der Waals surface area contributed by atoms with E-state index in [0.29, 0.717) is 17.3 Å². The van der Waals surface area contributed by atoms with Crippen molar-refractivity contribution < 1.29 is 28.7 Å². The minimum absolute atomic E-state index is 0.00698. The number of ether oxygens (including phenoxy) is 1. The van der Waals surface area contributed by atoms with Crippen LogP contribution in [0.5, 0.6) is 0 Å². The number of rotatable bonds is 10. The maximum atomic E-state index is 16.0. The Kier molecular flexibility index (Phi) is 10.7. The van der Waals surface area contributed by atoms with E-state index >= 15 is 4.39 Å². The molecule has 1 aliphatic rings. The number of nitrogens with zero attached hydrogens (tertiary/aromatic N) is 2. The summed E-state index contributed by atoms with van der Waals surface area (Å²) < 4.78 is 20.7. The number of anilines is 1. The van der Waals surface area contributed by atoms with Crippen molar-refractivity contribution in [2.45, 2.75) is 57.8 Å². The zero-order valence-corrected chi connectivity index (χ0v) is 27.7. The zero-order valence-electron chi connectivity index (χ0n) is 26.1. The van der Waals surface area contributed by atoms with E-state index in [2.05, 4.69) is 10.6 Å². The summed E-state index contributed by atoms with van der Waals surface area (Å²) >= 11 is 12.5. The molecule has 3 aromatic rings. The summed E-state index contributed by atoms with van der Waals surface area (Å²) in [5, 5.41) is 29.4. The lowest BCUT2D eigenvalue weighted by atomic mass is 9.77. The number of benzene rings is 3. The molecule has 3 N–H and O–H groups in total. The lowest BCUT2D eigenvalue weighted by Gasteiger charge is -2.42. The van der Waals surface area contributed by atoms with Crippen molar-refractivity contribution in [1.29, 1.82) is 0 Å². The highest BCUT2D eigenvalue weighted by Gasteiger charge is 2.61. The van der Waals surface area contributed by atoms with E-state index in [-0.39, 0.29) is 39.4 Å². The molecule has 46 heavy (non-hydrogen) atoms. The molecule has 0 unspecified atom stereocenters. The van der Waals surface area contributed by atoms with E-state index in [1.807, 2.05) is 25.7 Å². The third-order valence-corrected chi connectivity index (χ3v) is 8.82. The number of methoxy groups -OCH3 is 1. The van der Waals surface area contributed by atoms with E-state index < -0.39 is 52.8 Å². The van der Waals surface area contributed by atoms with Gasteiger partial charge in [-0.15, -0.1) is 0 Å². The molecule has 0 bridgehead atoms. The summed E-state index contributed by atoms with van der Waals surface area (Å²) in [5.74, 6) is -2.86. The van der Waals surface area contributed by atoms with E-state index in [1.54, 1.807) is 43.3 Å². The molecule has 4 rings (SSSR count). The third kappa shape index (κ3) is 7.19. The number of carbonyl (C=O) groups is 2. The Morgan fingerprint density at radius 2 is 1.83 bits per heavy atom. The van der Waals surface area contributed by atoms with Gasteiger partial charge in [0.1, 0.15) is 11.4 Å². The van der Waals surface area contributed by atoms with Gasteiger partial charge in [0.05, 0.1) is 29.2 Å². The molecule has 1 heterocycles. The van der Waals surface area contributed by atoms with Gasteiger partial charge in [-0.05, 0) is 48.2 Å². The fraction of sp³-hybridized carbons (Fsp3) is 0.394. The summed E-state index contributed by atoms with van der Waals surface area (Å²) in [6.07, 6.45) is 0. The molecule has 1 amide bonds. The van der Waals surface area contributed by atoms with Crippen LogP contribution in [0, 0.1) is 21.3 Å². The number of nitro groups is 1. The summed E-state index contributed by atoms with van der Waals surface area (Å²) in [5.41, 5.74) is -1.37. The lowest BCUT2D eigenvalue weighted by Crippen LogP contribution is -2.58. The number of nitrogens with one attached hydrogen (secondary N) is 2. The van der Waals surface area contributed by atoms with Crippen LogP contribution < -0.4 is 10.6 Å². The number of amides is 1. The number of carbonyl (C=O) groups excluding carboxylic acids is 2. The van der Waals surface area contributed by atoms with Gasteiger partial charge in [-0.3, -0.25) is 19.8 Å². The molecule has 3 aromatic carbocycles. The highest BCUT2D eigenvalue weighted by Crippen LogP contribution is 2.49. The Hall–Kier alpha value is -3.61. The number of esters is 1. The fourth-order valence-electron chi connectivity index (χ4n) is 6.26. The predicted molar refractivity (Wildman–Crippen MR) is 175 cm³/mol. The van der Waals surface area contributed by atoms with Crippen LogP contribution in [-0.2, 0) is 16.1 Å². The molecule has 1 aliphatic heterocycles. The van der Waals surface area contributed by atoms with Crippen LogP contribution in [0.2, 0.25) is 10.0 Å². The van der Waals surface area contributed by atoms with Gasteiger partial charge in [-0.2, -0.15) is 0 Å². The largest absolute Gasteiger partial charge is 0.465 e. The topological polar surface area (TPSA) is 134 Å². The predicted octanol–water partition coefficient (Wildman–Crippen LogP) is 6.19. The molecule has 0 radical (unpaired) electrons. The first-order valence-corrected chi connectivity index (χ1v) is 15.4. The lowest BCUT2D eigenvalue weighted by molar-refractivity contribution is -0.385. The quantitative estimate of drug-likeness (QED) is 0.132. The Morgan fingerprint density at radius 1 is 1.13 bits per heavy atom. The number of likely N-dealkylation sites (tertiary alicyclic amines) is 1. The Morgan fingerprint density at radius 3 is 2.43 bits per heavy atom. The van der Waals surface area contributed by atoms with Crippen molar-refractivity contribution in [3.63, 3.8) is 0 Å². The van der Waals surface area contributed by atoms with Crippen molar-refractivity contribution in [3.05, 3.63) is 103 Å². The summed E-state index contributed by atoms with van der Waals surface area (Å²) in [6.45, 7) is 7.45. The van der Waals surface area contributed by atoms with Crippen LogP contribution in [0.3, 0.4) is 0 Å². The normalized spacial score (nSPS) is 21.6. The van der Waals surface area contributed by atoms with Gasteiger partial charge in [-0.25, -0.2) is 9.18 Å². The van der Waals surface area contributed by atoms with Crippen molar-refractivity contribution in [3.8, 4) is 0 Å². The zero-order chi connectivity index (χ0) is 34.0. The van der Waals surface area contributed by atoms with Crippen molar-refractivity contribution in [2.75, 3.05) is 25.6 Å². The van der Waals surface area contributed by atoms with E-state index in [9.17, 15) is 24.8 Å². The molecule has 0 aliphatic carbocycles. The number of nitro benzene ring substituents is 1. The molecule has 1 fully saturated rings. The highest BCUT2D eigenvalue weighted by molar-refractivity contribution is 6.31. The first-order valence-electron chi connectivity index (χ1n) is 14.6. The minimum Gasteiger partial charge on any atom is -0.465 e. The minimum atomic E-state index is -1.48. The van der Waals surface area contributed by atoms with Crippen LogP contribution in [0.15, 0.2) is 60.7 Å². The second-order valence-corrected chi connectivity index (χ2v) is 13.5. The second kappa shape index (κ2) is 14.0. The molecule has 246 valence electrons. The van der Waals surface area contributed by atoms with Crippen LogP contribution in [-0.4, -0.2) is 64.7 Å². The maximum Gasteiger partial charge on any atom is 0.338 e. The fourth-order valence-corrected chi connectivity index (χ4v) is 6.63. The Bertz CT molecular complexity index is 1630. The van der Waals surface area contributed by atoms with Crippen LogP contribution >= 0.6 is 23.2 Å². The van der Waals surface area contributed by atoms with Crippen molar-refractivity contribution in [2.24, 2.45) is 5.41 Å². The molecule has 0 saturated carbocycles. The third-order valence-electron chi connectivity index (χ3n) is 8.30. The first-order chi connectivity index (χ1) is 21.6. The van der Waals surface area contributed by atoms with Crippen LogP contribution in [0.4, 0.5) is 15.8 Å². The maximum absolute atomic E-state index is 16.0. The number of aliphatic hydroxyl groups is 1. The van der Waals surface area contributed by atoms with Crippen molar-refractivity contribution in [1.82, 2.24) is 10.2 Å². The van der Waals surface area contributed by atoms with E-state index in [0.717, 1.165) is 6.07 Å². The SMILES string of the molecule is COC(=O)c1ccc(CN[C@@H]2[C@H](CO)N(CC(C)(C)C)[C@@](C)(C(=O)Nc3cccc(Cl)c3)[C@H]2c2cccc(Cl)c2F)c([N+](=O)[O-])c1. The average molecular weight is 676 g/mol. The number of aliphatic hydroxyl groups excluding tert-OH is 1. The van der Waals surface area contributed by atoms with E-state index in [4.69, 9.17) is 27.9 Å². The monoisotopic (exact) mass is 674 g/mol. The standard InChI is InChI=1S/C33H37Cl2FN4O6/c1-32(2,3)18-39-26(17-41)29(37-16-20-13-12-19(30(42)46-5)14-25(20)40(44)45)27(23-10-7-11-24(35)28(23)36)33(39,4)31(43)38-22-9-6-8-21(34)15-22/h6-15,26-27,29,37,41H,16-18H2,1-5H3,(H,38,43)/t26-,27-,29+,33+/m0/s1. The van der Waals surface area contributed by atoms with Gasteiger partial charge < -0.3 is 20.5 Å². The number of hydrogen-bond acceptors (Lipinski definition) is 8. The highest BCUT2D eigenvalue weighted by atomic mass is 35.5. The van der Waals surface area contributed by atoms with E-state index in [1.165, 1.54) is 25.3 Å².